The second-order valence-electron chi connectivity index (χ2n) is 6.98. The second-order valence-corrected chi connectivity index (χ2v) is 6.98. The monoisotopic (exact) mass is 266 g/mol. The molecular formula is C17H34N2. The van der Waals surface area contributed by atoms with Gasteiger partial charge in [0.2, 0.25) is 0 Å². The van der Waals surface area contributed by atoms with Crippen LogP contribution in [0.3, 0.4) is 0 Å². The number of nitrogens with zero attached hydrogens (tertiary/aromatic N) is 1. The first-order valence-electron chi connectivity index (χ1n) is 8.71. The van der Waals surface area contributed by atoms with E-state index in [2.05, 4.69) is 24.2 Å². The molecule has 0 aromatic rings. The molecule has 2 nitrogen and oxygen atoms in total. The molecular weight excluding hydrogens is 232 g/mol. The molecule has 0 heterocycles. The molecule has 0 saturated heterocycles. The van der Waals surface area contributed by atoms with Crippen LogP contribution in [0.25, 0.3) is 0 Å². The van der Waals surface area contributed by atoms with Gasteiger partial charge in [-0.25, -0.2) is 0 Å². The van der Waals surface area contributed by atoms with Gasteiger partial charge in [-0.2, -0.15) is 0 Å². The van der Waals surface area contributed by atoms with E-state index in [0.29, 0.717) is 0 Å². The lowest BCUT2D eigenvalue weighted by Crippen LogP contribution is -2.40. The third-order valence-corrected chi connectivity index (χ3v) is 5.16. The van der Waals surface area contributed by atoms with Crippen LogP contribution in [0.15, 0.2) is 0 Å². The summed E-state index contributed by atoms with van der Waals surface area (Å²) < 4.78 is 0. The average Bonchev–Trinajstić information content (AvgIpc) is 2.84. The van der Waals surface area contributed by atoms with Gasteiger partial charge >= 0.3 is 0 Å². The van der Waals surface area contributed by atoms with E-state index in [4.69, 9.17) is 0 Å². The van der Waals surface area contributed by atoms with Gasteiger partial charge in [0, 0.05) is 19.1 Å². The molecule has 0 radical (unpaired) electrons. The zero-order valence-corrected chi connectivity index (χ0v) is 13.2. The summed E-state index contributed by atoms with van der Waals surface area (Å²) in [7, 11) is 2.35. The molecule has 2 heteroatoms. The summed E-state index contributed by atoms with van der Waals surface area (Å²) in [6.07, 6.45) is 12.9. The van der Waals surface area contributed by atoms with Crippen molar-refractivity contribution in [2.45, 2.75) is 70.8 Å². The fourth-order valence-corrected chi connectivity index (χ4v) is 4.14. The maximum absolute atomic E-state index is 3.76. The van der Waals surface area contributed by atoms with Crippen LogP contribution in [0.1, 0.15) is 64.7 Å². The molecule has 2 atom stereocenters. The van der Waals surface area contributed by atoms with Crippen LogP contribution in [-0.2, 0) is 0 Å². The van der Waals surface area contributed by atoms with Gasteiger partial charge in [0.15, 0.2) is 0 Å². The standard InChI is InChI=1S/C17H34N2/c1-3-12-18-17-11-7-10-16(17)14-19(2)13-15-8-5-4-6-9-15/h15-18H,3-14H2,1-2H3. The van der Waals surface area contributed by atoms with Gasteiger partial charge in [0.05, 0.1) is 0 Å². The molecule has 0 aliphatic heterocycles. The predicted molar refractivity (Wildman–Crippen MR) is 83.5 cm³/mol. The van der Waals surface area contributed by atoms with Gasteiger partial charge in [0.1, 0.15) is 0 Å². The van der Waals surface area contributed by atoms with Crippen molar-refractivity contribution in [1.82, 2.24) is 10.2 Å². The number of rotatable bonds is 7. The minimum atomic E-state index is 0.800. The van der Waals surface area contributed by atoms with Crippen molar-refractivity contribution in [3.8, 4) is 0 Å². The van der Waals surface area contributed by atoms with Crippen molar-refractivity contribution in [3.05, 3.63) is 0 Å². The molecule has 2 fully saturated rings. The van der Waals surface area contributed by atoms with Crippen molar-refractivity contribution in [2.75, 3.05) is 26.7 Å². The van der Waals surface area contributed by atoms with Crippen molar-refractivity contribution in [3.63, 3.8) is 0 Å². The van der Waals surface area contributed by atoms with Crippen molar-refractivity contribution < 1.29 is 0 Å². The molecule has 1 N–H and O–H groups in total. The highest BCUT2D eigenvalue weighted by Crippen LogP contribution is 2.28. The van der Waals surface area contributed by atoms with Crippen LogP contribution >= 0.6 is 0 Å². The maximum Gasteiger partial charge on any atom is 0.0107 e. The largest absolute Gasteiger partial charge is 0.314 e. The zero-order valence-electron chi connectivity index (χ0n) is 13.2. The van der Waals surface area contributed by atoms with E-state index < -0.39 is 0 Å². The fraction of sp³-hybridized carbons (Fsp3) is 1.00. The lowest BCUT2D eigenvalue weighted by molar-refractivity contribution is 0.197. The van der Waals surface area contributed by atoms with Crippen LogP contribution in [0.5, 0.6) is 0 Å². The van der Waals surface area contributed by atoms with Crippen LogP contribution in [0.4, 0.5) is 0 Å². The first-order valence-corrected chi connectivity index (χ1v) is 8.71. The third-order valence-electron chi connectivity index (χ3n) is 5.16. The Labute approximate surface area is 120 Å². The third kappa shape index (κ3) is 5.07. The maximum atomic E-state index is 3.76. The number of hydrogen-bond acceptors (Lipinski definition) is 2. The molecule has 0 bridgehead atoms. The Morgan fingerprint density at radius 2 is 1.74 bits per heavy atom. The van der Waals surface area contributed by atoms with Crippen LogP contribution in [0, 0.1) is 11.8 Å². The first-order chi connectivity index (χ1) is 9.29. The summed E-state index contributed by atoms with van der Waals surface area (Å²) in [6, 6.07) is 0.800. The molecule has 19 heavy (non-hydrogen) atoms. The molecule has 0 aromatic heterocycles. The minimum Gasteiger partial charge on any atom is -0.314 e. The Balaban J connectivity index is 1.69. The van der Waals surface area contributed by atoms with Crippen molar-refractivity contribution in [2.24, 2.45) is 11.8 Å². The van der Waals surface area contributed by atoms with Gasteiger partial charge < -0.3 is 10.2 Å². The highest BCUT2D eigenvalue weighted by atomic mass is 15.1. The van der Waals surface area contributed by atoms with E-state index in [1.165, 1.54) is 77.4 Å². The topological polar surface area (TPSA) is 15.3 Å². The van der Waals surface area contributed by atoms with Gasteiger partial charge in [-0.05, 0) is 57.5 Å². The molecule has 0 amide bonds. The molecule has 0 aromatic carbocycles. The van der Waals surface area contributed by atoms with Gasteiger partial charge in [-0.15, -0.1) is 0 Å². The van der Waals surface area contributed by atoms with E-state index in [1.54, 1.807) is 0 Å². The SMILES string of the molecule is CCCNC1CCCC1CN(C)CC1CCCCC1. The van der Waals surface area contributed by atoms with E-state index in [-0.39, 0.29) is 0 Å². The summed E-state index contributed by atoms with van der Waals surface area (Å²) in [6.45, 7) is 6.13. The summed E-state index contributed by atoms with van der Waals surface area (Å²) in [4.78, 5) is 2.63. The highest BCUT2D eigenvalue weighted by Gasteiger charge is 2.28. The minimum absolute atomic E-state index is 0.800. The summed E-state index contributed by atoms with van der Waals surface area (Å²) in [5.74, 6) is 1.89. The lowest BCUT2D eigenvalue weighted by Gasteiger charge is -2.30. The van der Waals surface area contributed by atoms with Crippen LogP contribution in [0.2, 0.25) is 0 Å². The molecule has 2 unspecified atom stereocenters. The Morgan fingerprint density at radius 1 is 0.947 bits per heavy atom. The molecule has 2 aliphatic carbocycles. The molecule has 112 valence electrons. The zero-order chi connectivity index (χ0) is 13.5. The van der Waals surface area contributed by atoms with Crippen molar-refractivity contribution >= 4 is 0 Å². The van der Waals surface area contributed by atoms with E-state index in [0.717, 1.165) is 17.9 Å². The Morgan fingerprint density at radius 3 is 2.47 bits per heavy atom. The normalized spacial score (nSPS) is 29.2. The number of nitrogens with one attached hydrogen (secondary N) is 1. The summed E-state index contributed by atoms with van der Waals surface area (Å²) in [5.41, 5.74) is 0. The highest BCUT2D eigenvalue weighted by molar-refractivity contribution is 4.85. The summed E-state index contributed by atoms with van der Waals surface area (Å²) in [5, 5.41) is 3.76. The quantitative estimate of drug-likeness (QED) is 0.756. The molecule has 2 aliphatic rings. The van der Waals surface area contributed by atoms with E-state index in [9.17, 15) is 0 Å². The van der Waals surface area contributed by atoms with Gasteiger partial charge in [0.25, 0.3) is 0 Å². The molecule has 2 saturated carbocycles. The molecule has 2 rings (SSSR count). The van der Waals surface area contributed by atoms with Crippen molar-refractivity contribution in [1.29, 1.82) is 0 Å². The molecule has 0 spiro atoms. The van der Waals surface area contributed by atoms with E-state index >= 15 is 0 Å². The summed E-state index contributed by atoms with van der Waals surface area (Å²) >= 11 is 0. The van der Waals surface area contributed by atoms with Gasteiger partial charge in [-0.3, -0.25) is 0 Å². The van der Waals surface area contributed by atoms with Crippen LogP contribution in [-0.4, -0.2) is 37.6 Å². The van der Waals surface area contributed by atoms with E-state index in [1.807, 2.05) is 0 Å². The van der Waals surface area contributed by atoms with Gasteiger partial charge in [-0.1, -0.05) is 32.6 Å². The second kappa shape index (κ2) is 8.26. The number of hydrogen-bond donors (Lipinski definition) is 1. The Hall–Kier alpha value is -0.0800. The predicted octanol–water partition coefficient (Wildman–Crippen LogP) is 3.67. The Kier molecular flexibility index (Phi) is 6.66. The lowest BCUT2D eigenvalue weighted by atomic mass is 9.89. The smallest absolute Gasteiger partial charge is 0.0107 e. The Bertz CT molecular complexity index is 235. The first kappa shape index (κ1) is 15.3. The fourth-order valence-electron chi connectivity index (χ4n) is 4.14. The average molecular weight is 266 g/mol. The van der Waals surface area contributed by atoms with Crippen LogP contribution < -0.4 is 5.32 Å².